The van der Waals surface area contributed by atoms with E-state index < -0.39 is 17.3 Å². The monoisotopic (exact) mass is 453 g/mol. The van der Waals surface area contributed by atoms with E-state index in [1.54, 1.807) is 18.5 Å². The summed E-state index contributed by atoms with van der Waals surface area (Å²) < 4.78 is 41.4. The zero-order chi connectivity index (χ0) is 19.9. The summed E-state index contributed by atoms with van der Waals surface area (Å²) in [4.78, 5) is 19.8. The van der Waals surface area contributed by atoms with Gasteiger partial charge in [0.15, 0.2) is 11.3 Å². The number of ketones is 1. The maximum absolute atomic E-state index is 13.3. The van der Waals surface area contributed by atoms with Crippen molar-refractivity contribution in [2.75, 3.05) is 11.9 Å². The lowest BCUT2D eigenvalue weighted by Crippen LogP contribution is -2.33. The number of pyridine rings is 1. The number of nitrogens with one attached hydrogen (secondary N) is 1. The van der Waals surface area contributed by atoms with E-state index >= 15 is 0 Å². The van der Waals surface area contributed by atoms with Gasteiger partial charge in [-0.05, 0) is 34.0 Å². The van der Waals surface area contributed by atoms with E-state index in [2.05, 4.69) is 36.3 Å². The third kappa shape index (κ3) is 3.48. The first-order valence-electron chi connectivity index (χ1n) is 8.56. The van der Waals surface area contributed by atoms with Crippen molar-refractivity contribution in [3.8, 4) is 0 Å². The number of hydrogen-bond acceptors (Lipinski definition) is 5. The summed E-state index contributed by atoms with van der Waals surface area (Å²) in [6, 6.07) is 6.02. The van der Waals surface area contributed by atoms with E-state index in [9.17, 15) is 18.0 Å². The van der Waals surface area contributed by atoms with Crippen LogP contribution in [0.15, 0.2) is 41.3 Å². The summed E-state index contributed by atoms with van der Waals surface area (Å²) in [6.07, 6.45) is 0.115. The Morgan fingerprint density at radius 3 is 2.79 bits per heavy atom. The number of halogens is 4. The highest BCUT2D eigenvalue weighted by Gasteiger charge is 2.40. The maximum atomic E-state index is 13.3. The Balaban J connectivity index is 1.72. The third-order valence-electron chi connectivity index (χ3n) is 4.99. The van der Waals surface area contributed by atoms with Crippen molar-refractivity contribution in [1.29, 1.82) is 0 Å². The van der Waals surface area contributed by atoms with Crippen LogP contribution in [0.3, 0.4) is 0 Å². The second-order valence-electron chi connectivity index (χ2n) is 6.85. The molecule has 0 saturated heterocycles. The molecule has 28 heavy (non-hydrogen) atoms. The number of rotatable bonds is 4. The van der Waals surface area contributed by atoms with Crippen molar-refractivity contribution in [3.05, 3.63) is 52.5 Å². The second-order valence-corrected chi connectivity index (χ2v) is 7.66. The first-order chi connectivity index (χ1) is 13.3. The first-order valence-corrected chi connectivity index (χ1v) is 9.36. The number of anilines is 1. The fraction of sp³-hybridized carbons (Fsp3) is 0.333. The van der Waals surface area contributed by atoms with Crippen molar-refractivity contribution >= 4 is 33.2 Å². The zero-order valence-electron chi connectivity index (χ0n) is 14.5. The summed E-state index contributed by atoms with van der Waals surface area (Å²) in [5, 5.41) is 7.23. The van der Waals surface area contributed by atoms with Gasteiger partial charge in [0.25, 0.3) is 0 Å². The topological polar surface area (TPSA) is 72.2 Å². The smallest absolute Gasteiger partial charge is 0.369 e. The Hall–Kier alpha value is -2.49. The fourth-order valence-corrected chi connectivity index (χ4v) is 3.95. The molecular formula is C18H15BrF3N5O. The van der Waals surface area contributed by atoms with Gasteiger partial charge in [0.05, 0.1) is 0 Å². The molecule has 0 radical (unpaired) electrons. The van der Waals surface area contributed by atoms with Gasteiger partial charge in [-0.3, -0.25) is 9.78 Å². The van der Waals surface area contributed by atoms with Gasteiger partial charge in [-0.25, -0.2) is 4.98 Å². The van der Waals surface area contributed by atoms with Gasteiger partial charge in [0, 0.05) is 49.3 Å². The molecule has 0 aromatic carbocycles. The second kappa shape index (κ2) is 6.84. The number of fused-ring (bicyclic) bond motifs is 1. The van der Waals surface area contributed by atoms with Crippen LogP contribution in [0.1, 0.15) is 30.5 Å². The molecule has 3 heterocycles. The lowest BCUT2D eigenvalue weighted by molar-refractivity contribution is -0.141. The Bertz CT molecular complexity index is 1040. The van der Waals surface area contributed by atoms with Gasteiger partial charge in [0.1, 0.15) is 16.2 Å². The van der Waals surface area contributed by atoms with E-state index in [0.29, 0.717) is 23.9 Å². The minimum atomic E-state index is -4.58. The van der Waals surface area contributed by atoms with E-state index in [-0.39, 0.29) is 23.8 Å². The number of carbonyl (C=O) groups excluding carboxylic acids is 1. The van der Waals surface area contributed by atoms with Crippen LogP contribution >= 0.6 is 15.9 Å². The number of hydrogen-bond donors (Lipinski definition) is 1. The van der Waals surface area contributed by atoms with Crippen LogP contribution in [-0.4, -0.2) is 31.9 Å². The number of carbonyl (C=O) groups is 1. The molecule has 6 nitrogen and oxygen atoms in total. The summed E-state index contributed by atoms with van der Waals surface area (Å²) >= 11 is 3.17. The van der Waals surface area contributed by atoms with Crippen molar-refractivity contribution < 1.29 is 18.0 Å². The summed E-state index contributed by atoms with van der Waals surface area (Å²) in [7, 11) is 0. The molecule has 0 amide bonds. The zero-order valence-corrected chi connectivity index (χ0v) is 16.1. The van der Waals surface area contributed by atoms with Gasteiger partial charge in [-0.1, -0.05) is 6.07 Å². The highest BCUT2D eigenvalue weighted by Crippen LogP contribution is 2.39. The van der Waals surface area contributed by atoms with Crippen molar-refractivity contribution in [3.63, 3.8) is 0 Å². The molecule has 1 aliphatic carbocycles. The summed E-state index contributed by atoms with van der Waals surface area (Å²) in [5.41, 5.74) is -0.574. The Kier molecular flexibility index (Phi) is 4.60. The largest absolute Gasteiger partial charge is 0.433 e. The van der Waals surface area contributed by atoms with Gasteiger partial charge in [-0.15, -0.1) is 0 Å². The maximum Gasteiger partial charge on any atom is 0.433 e. The number of aromatic nitrogens is 4. The molecule has 1 saturated carbocycles. The van der Waals surface area contributed by atoms with Crippen LogP contribution in [0.25, 0.3) is 5.65 Å². The average Bonchev–Trinajstić information content (AvgIpc) is 3.22. The molecule has 1 fully saturated rings. The highest BCUT2D eigenvalue weighted by atomic mass is 79.9. The van der Waals surface area contributed by atoms with Crippen molar-refractivity contribution in [2.45, 2.75) is 30.9 Å². The first kappa shape index (κ1) is 18.9. The van der Waals surface area contributed by atoms with Crippen molar-refractivity contribution in [1.82, 2.24) is 19.6 Å². The van der Waals surface area contributed by atoms with Gasteiger partial charge >= 0.3 is 6.18 Å². The molecule has 1 N–H and O–H groups in total. The average molecular weight is 454 g/mol. The van der Waals surface area contributed by atoms with Gasteiger partial charge in [-0.2, -0.15) is 22.8 Å². The van der Waals surface area contributed by atoms with Crippen LogP contribution in [0, 0.1) is 0 Å². The number of Topliss-reactive ketones (excluding diaryl/α,β-unsaturated/α-hetero) is 1. The molecule has 1 unspecified atom stereocenters. The van der Waals surface area contributed by atoms with Crippen LogP contribution in [-0.2, 0) is 16.4 Å². The van der Waals surface area contributed by atoms with E-state index in [0.717, 1.165) is 11.6 Å². The van der Waals surface area contributed by atoms with E-state index in [1.807, 2.05) is 6.07 Å². The molecule has 0 aliphatic heterocycles. The predicted octanol–water partition coefficient (Wildman–Crippen LogP) is 4.01. The van der Waals surface area contributed by atoms with Crippen LogP contribution < -0.4 is 5.32 Å². The van der Waals surface area contributed by atoms with Crippen LogP contribution in [0.5, 0.6) is 0 Å². The lowest BCUT2D eigenvalue weighted by Gasteiger charge is -2.29. The molecule has 10 heteroatoms. The summed E-state index contributed by atoms with van der Waals surface area (Å²) in [6.45, 7) is 0.276. The molecule has 0 spiro atoms. The van der Waals surface area contributed by atoms with Crippen LogP contribution in [0.4, 0.5) is 19.0 Å². The fourth-order valence-electron chi connectivity index (χ4n) is 3.59. The molecule has 146 valence electrons. The standard InChI is InChI=1S/C18H15BrF3N5O/c19-14-7-16-25-13(18(20,21)22)6-15(27(16)26-14)24-10-17(4-3-12(28)8-17)11-2-1-5-23-9-11/h1-2,5-7,9,24H,3-4,8,10H2. The SMILES string of the molecule is O=C1CCC(CNc2cc(C(F)(F)F)nc3cc(Br)nn23)(c2cccnc2)C1. The summed E-state index contributed by atoms with van der Waals surface area (Å²) in [5.74, 6) is 0.286. The van der Waals surface area contributed by atoms with Gasteiger partial charge in [0.2, 0.25) is 0 Å². The Morgan fingerprint density at radius 2 is 2.14 bits per heavy atom. The number of alkyl halides is 3. The van der Waals surface area contributed by atoms with E-state index in [4.69, 9.17) is 0 Å². The Labute approximate surface area is 166 Å². The van der Waals surface area contributed by atoms with Crippen molar-refractivity contribution in [2.24, 2.45) is 0 Å². The molecule has 0 bridgehead atoms. The van der Waals surface area contributed by atoms with E-state index in [1.165, 1.54) is 10.6 Å². The molecule has 1 atom stereocenters. The lowest BCUT2D eigenvalue weighted by atomic mass is 9.79. The quantitative estimate of drug-likeness (QED) is 0.645. The van der Waals surface area contributed by atoms with Gasteiger partial charge < -0.3 is 5.32 Å². The molecule has 3 aromatic rings. The molecule has 3 aromatic heterocycles. The third-order valence-corrected chi connectivity index (χ3v) is 5.38. The molecular weight excluding hydrogens is 439 g/mol. The minimum absolute atomic E-state index is 0.0714. The normalized spacial score (nSPS) is 20.1. The molecule has 4 rings (SSSR count). The predicted molar refractivity (Wildman–Crippen MR) is 99.0 cm³/mol. The van der Waals surface area contributed by atoms with Crippen LogP contribution in [0.2, 0.25) is 0 Å². The Morgan fingerprint density at radius 1 is 1.32 bits per heavy atom. The number of nitrogens with zero attached hydrogens (tertiary/aromatic N) is 4. The minimum Gasteiger partial charge on any atom is -0.369 e. The highest BCUT2D eigenvalue weighted by molar-refractivity contribution is 9.10. The molecule has 1 aliphatic rings.